The molecule has 0 saturated carbocycles. The van der Waals surface area contributed by atoms with Gasteiger partial charge in [-0.1, -0.05) is 0 Å². The number of rotatable bonds is 6. The molecule has 1 heterocycles. The van der Waals surface area contributed by atoms with Crippen LogP contribution < -0.4 is 5.32 Å². The van der Waals surface area contributed by atoms with Crippen LogP contribution in [0.2, 0.25) is 0 Å². The van der Waals surface area contributed by atoms with Gasteiger partial charge in [-0.25, -0.2) is 4.98 Å². The molecule has 0 spiro atoms. The molecule has 16 heavy (non-hydrogen) atoms. The van der Waals surface area contributed by atoms with Gasteiger partial charge in [0.05, 0.1) is 11.5 Å². The first-order valence-electron chi connectivity index (χ1n) is 5.50. The molecule has 5 heteroatoms. The second kappa shape index (κ2) is 5.61. The molecule has 0 atom stereocenters. The highest BCUT2D eigenvalue weighted by molar-refractivity contribution is 4.92. The van der Waals surface area contributed by atoms with Crippen LogP contribution in [0.4, 0.5) is 0 Å². The standard InChI is InChI=1S/C11H19N5/c1-11(2,8-12)5-7-13-6-4-10-14-9-16(3)15-10/h9,13H,4-7H2,1-3H3. The Morgan fingerprint density at radius 1 is 1.50 bits per heavy atom. The first-order valence-corrected chi connectivity index (χ1v) is 5.50. The van der Waals surface area contributed by atoms with E-state index in [0.717, 1.165) is 31.8 Å². The van der Waals surface area contributed by atoms with Gasteiger partial charge >= 0.3 is 0 Å². The van der Waals surface area contributed by atoms with Crippen LogP contribution in [-0.4, -0.2) is 27.9 Å². The lowest BCUT2D eigenvalue weighted by atomic mass is 9.91. The van der Waals surface area contributed by atoms with Crippen molar-refractivity contribution in [2.75, 3.05) is 13.1 Å². The van der Waals surface area contributed by atoms with Gasteiger partial charge in [0.25, 0.3) is 0 Å². The summed E-state index contributed by atoms with van der Waals surface area (Å²) in [6.45, 7) is 5.61. The maximum absolute atomic E-state index is 8.83. The maximum Gasteiger partial charge on any atom is 0.151 e. The minimum absolute atomic E-state index is 0.240. The zero-order valence-electron chi connectivity index (χ0n) is 10.2. The van der Waals surface area contributed by atoms with Crippen molar-refractivity contribution in [3.63, 3.8) is 0 Å². The highest BCUT2D eigenvalue weighted by Crippen LogP contribution is 2.16. The summed E-state index contributed by atoms with van der Waals surface area (Å²) in [4.78, 5) is 4.14. The van der Waals surface area contributed by atoms with Gasteiger partial charge in [0.15, 0.2) is 5.82 Å². The van der Waals surface area contributed by atoms with Crippen molar-refractivity contribution < 1.29 is 0 Å². The molecule has 1 aromatic rings. The van der Waals surface area contributed by atoms with Gasteiger partial charge in [0, 0.05) is 20.0 Å². The molecular weight excluding hydrogens is 202 g/mol. The summed E-state index contributed by atoms with van der Waals surface area (Å²) in [6, 6.07) is 2.29. The van der Waals surface area contributed by atoms with E-state index in [-0.39, 0.29) is 5.41 Å². The molecule has 0 fully saturated rings. The zero-order valence-corrected chi connectivity index (χ0v) is 10.2. The smallest absolute Gasteiger partial charge is 0.151 e. The first kappa shape index (κ1) is 12.7. The van der Waals surface area contributed by atoms with Gasteiger partial charge < -0.3 is 5.32 Å². The van der Waals surface area contributed by atoms with Crippen LogP contribution >= 0.6 is 0 Å². The Labute approximate surface area is 96.5 Å². The molecule has 88 valence electrons. The van der Waals surface area contributed by atoms with Crippen molar-refractivity contribution in [2.24, 2.45) is 12.5 Å². The van der Waals surface area contributed by atoms with Gasteiger partial charge in [0.2, 0.25) is 0 Å². The number of nitrogens with one attached hydrogen (secondary N) is 1. The highest BCUT2D eigenvalue weighted by atomic mass is 15.3. The van der Waals surface area contributed by atoms with E-state index in [1.54, 1.807) is 11.0 Å². The summed E-state index contributed by atoms with van der Waals surface area (Å²) in [5, 5.41) is 16.3. The van der Waals surface area contributed by atoms with E-state index in [4.69, 9.17) is 5.26 Å². The lowest BCUT2D eigenvalue weighted by molar-refractivity contribution is 0.433. The fourth-order valence-corrected chi connectivity index (χ4v) is 1.28. The number of hydrogen-bond acceptors (Lipinski definition) is 4. The number of hydrogen-bond donors (Lipinski definition) is 1. The number of nitrogens with zero attached hydrogens (tertiary/aromatic N) is 4. The van der Waals surface area contributed by atoms with Crippen molar-refractivity contribution in [1.29, 1.82) is 5.26 Å². The third kappa shape index (κ3) is 4.41. The van der Waals surface area contributed by atoms with Gasteiger partial charge in [-0.05, 0) is 26.8 Å². The zero-order chi connectivity index (χ0) is 12.0. The minimum Gasteiger partial charge on any atom is -0.316 e. The summed E-state index contributed by atoms with van der Waals surface area (Å²) in [5.41, 5.74) is -0.240. The topological polar surface area (TPSA) is 66.5 Å². The van der Waals surface area contributed by atoms with Crippen molar-refractivity contribution in [3.05, 3.63) is 12.2 Å². The fourth-order valence-electron chi connectivity index (χ4n) is 1.28. The fraction of sp³-hybridized carbons (Fsp3) is 0.727. The lowest BCUT2D eigenvalue weighted by Gasteiger charge is -2.14. The molecular formula is C11H19N5. The Bertz CT molecular complexity index is 361. The first-order chi connectivity index (χ1) is 7.53. The summed E-state index contributed by atoms with van der Waals surface area (Å²) in [6.07, 6.45) is 3.39. The molecule has 0 aliphatic carbocycles. The van der Waals surface area contributed by atoms with E-state index < -0.39 is 0 Å². The Kier molecular flexibility index (Phi) is 4.44. The summed E-state index contributed by atoms with van der Waals surface area (Å²) in [5.74, 6) is 0.856. The molecule has 0 amide bonds. The SMILES string of the molecule is Cn1cnc(CCNCCC(C)(C)C#N)n1. The average Bonchev–Trinajstić information content (AvgIpc) is 2.64. The van der Waals surface area contributed by atoms with E-state index in [1.165, 1.54) is 0 Å². The quantitative estimate of drug-likeness (QED) is 0.724. The average molecular weight is 221 g/mol. The molecule has 1 N–H and O–H groups in total. The summed E-state index contributed by atoms with van der Waals surface area (Å²) < 4.78 is 1.70. The van der Waals surface area contributed by atoms with Crippen molar-refractivity contribution in [3.8, 4) is 6.07 Å². The summed E-state index contributed by atoms with van der Waals surface area (Å²) in [7, 11) is 1.86. The number of aromatic nitrogens is 3. The second-order valence-corrected chi connectivity index (χ2v) is 4.58. The third-order valence-corrected chi connectivity index (χ3v) is 2.40. The van der Waals surface area contributed by atoms with E-state index >= 15 is 0 Å². The Morgan fingerprint density at radius 3 is 2.81 bits per heavy atom. The molecule has 0 aliphatic rings. The van der Waals surface area contributed by atoms with Crippen molar-refractivity contribution >= 4 is 0 Å². The van der Waals surface area contributed by atoms with Crippen molar-refractivity contribution in [2.45, 2.75) is 26.7 Å². The minimum atomic E-state index is -0.240. The monoisotopic (exact) mass is 221 g/mol. The molecule has 0 radical (unpaired) electrons. The second-order valence-electron chi connectivity index (χ2n) is 4.58. The molecule has 0 saturated heterocycles. The number of nitriles is 1. The molecule has 1 rings (SSSR count). The third-order valence-electron chi connectivity index (χ3n) is 2.40. The normalized spacial score (nSPS) is 11.4. The van der Waals surface area contributed by atoms with Crippen molar-refractivity contribution in [1.82, 2.24) is 20.1 Å². The van der Waals surface area contributed by atoms with Crippen LogP contribution in [0.3, 0.4) is 0 Å². The highest BCUT2D eigenvalue weighted by Gasteiger charge is 2.15. The molecule has 1 aromatic heterocycles. The van der Waals surface area contributed by atoms with Crippen LogP contribution in [0.1, 0.15) is 26.1 Å². The Hall–Kier alpha value is -1.41. The van der Waals surface area contributed by atoms with Crippen LogP contribution in [0, 0.1) is 16.7 Å². The summed E-state index contributed by atoms with van der Waals surface area (Å²) >= 11 is 0. The lowest BCUT2D eigenvalue weighted by Crippen LogP contribution is -2.23. The van der Waals surface area contributed by atoms with Crippen LogP contribution in [-0.2, 0) is 13.5 Å². The van der Waals surface area contributed by atoms with Gasteiger partial charge in [-0.15, -0.1) is 0 Å². The maximum atomic E-state index is 8.83. The van der Waals surface area contributed by atoms with Crippen LogP contribution in [0.25, 0.3) is 0 Å². The van der Waals surface area contributed by atoms with E-state index in [9.17, 15) is 0 Å². The van der Waals surface area contributed by atoms with Gasteiger partial charge in [-0.2, -0.15) is 10.4 Å². The predicted molar refractivity (Wildman–Crippen MR) is 61.6 cm³/mol. The molecule has 0 aliphatic heterocycles. The Balaban J connectivity index is 2.11. The molecule has 0 bridgehead atoms. The molecule has 5 nitrogen and oxygen atoms in total. The molecule has 0 aromatic carbocycles. The van der Waals surface area contributed by atoms with Crippen LogP contribution in [0.15, 0.2) is 6.33 Å². The Morgan fingerprint density at radius 2 is 2.25 bits per heavy atom. The molecule has 0 unspecified atom stereocenters. The van der Waals surface area contributed by atoms with E-state index in [1.807, 2.05) is 20.9 Å². The largest absolute Gasteiger partial charge is 0.316 e. The number of aryl methyl sites for hydroxylation is 1. The van der Waals surface area contributed by atoms with E-state index in [0.29, 0.717) is 0 Å². The van der Waals surface area contributed by atoms with Gasteiger partial charge in [0.1, 0.15) is 6.33 Å². The van der Waals surface area contributed by atoms with Crippen LogP contribution in [0.5, 0.6) is 0 Å². The van der Waals surface area contributed by atoms with E-state index in [2.05, 4.69) is 21.5 Å². The predicted octanol–water partition coefficient (Wildman–Crippen LogP) is 0.887. The van der Waals surface area contributed by atoms with Gasteiger partial charge in [-0.3, -0.25) is 4.68 Å².